The van der Waals surface area contributed by atoms with Gasteiger partial charge in [0.1, 0.15) is 5.82 Å². The molecule has 1 aliphatic heterocycles. The standard InChI is InChI=1S/C15H22ClFN2/c1-2-11-4-3-7-19(10-11)15(9-18)12-5-6-13(16)14(17)8-12/h5-6,8,11,15H,2-4,7,9-10,18H2,1H3. The van der Waals surface area contributed by atoms with Gasteiger partial charge in [-0.1, -0.05) is 31.0 Å². The second-order valence-electron chi connectivity index (χ2n) is 5.34. The average molecular weight is 285 g/mol. The zero-order chi connectivity index (χ0) is 13.8. The minimum Gasteiger partial charge on any atom is -0.329 e. The molecule has 1 aromatic carbocycles. The maximum atomic E-state index is 13.6. The van der Waals surface area contributed by atoms with Crippen molar-refractivity contribution < 1.29 is 4.39 Å². The number of halogens is 2. The Morgan fingerprint density at radius 3 is 2.95 bits per heavy atom. The van der Waals surface area contributed by atoms with E-state index in [4.69, 9.17) is 17.3 Å². The van der Waals surface area contributed by atoms with Gasteiger partial charge in [0.2, 0.25) is 0 Å². The first-order chi connectivity index (χ1) is 9.15. The Morgan fingerprint density at radius 1 is 1.53 bits per heavy atom. The molecule has 1 saturated heterocycles. The van der Waals surface area contributed by atoms with Crippen LogP contribution in [0.25, 0.3) is 0 Å². The highest BCUT2D eigenvalue weighted by atomic mass is 35.5. The van der Waals surface area contributed by atoms with Crippen molar-refractivity contribution in [2.45, 2.75) is 32.2 Å². The van der Waals surface area contributed by atoms with Gasteiger partial charge < -0.3 is 5.73 Å². The van der Waals surface area contributed by atoms with Crippen LogP contribution in [0.3, 0.4) is 0 Å². The topological polar surface area (TPSA) is 29.3 Å². The summed E-state index contributed by atoms with van der Waals surface area (Å²) in [5, 5.41) is 0.171. The summed E-state index contributed by atoms with van der Waals surface area (Å²) in [5.74, 6) is 0.376. The van der Waals surface area contributed by atoms with E-state index in [0.717, 1.165) is 24.6 Å². The predicted octanol–water partition coefficient (Wildman–Crippen LogP) is 3.60. The molecule has 2 unspecified atom stereocenters. The molecule has 19 heavy (non-hydrogen) atoms. The summed E-state index contributed by atoms with van der Waals surface area (Å²) in [7, 11) is 0. The highest BCUT2D eigenvalue weighted by molar-refractivity contribution is 6.30. The lowest BCUT2D eigenvalue weighted by molar-refractivity contribution is 0.124. The molecule has 0 amide bonds. The summed E-state index contributed by atoms with van der Waals surface area (Å²) in [6, 6.07) is 5.13. The van der Waals surface area contributed by atoms with Crippen LogP contribution in [0.15, 0.2) is 18.2 Å². The number of hydrogen-bond acceptors (Lipinski definition) is 2. The summed E-state index contributed by atoms with van der Waals surface area (Å²) in [6.07, 6.45) is 3.69. The molecule has 0 aliphatic carbocycles. The van der Waals surface area contributed by atoms with E-state index in [1.165, 1.54) is 25.3 Å². The fourth-order valence-corrected chi connectivity index (χ4v) is 3.05. The van der Waals surface area contributed by atoms with E-state index in [2.05, 4.69) is 11.8 Å². The van der Waals surface area contributed by atoms with Crippen LogP contribution in [-0.4, -0.2) is 24.5 Å². The van der Waals surface area contributed by atoms with Crippen molar-refractivity contribution in [3.8, 4) is 0 Å². The summed E-state index contributed by atoms with van der Waals surface area (Å²) < 4.78 is 13.6. The van der Waals surface area contributed by atoms with E-state index in [1.807, 2.05) is 6.07 Å². The van der Waals surface area contributed by atoms with Crippen molar-refractivity contribution in [3.63, 3.8) is 0 Å². The van der Waals surface area contributed by atoms with Gasteiger partial charge in [-0.3, -0.25) is 4.90 Å². The van der Waals surface area contributed by atoms with Gasteiger partial charge in [0, 0.05) is 19.1 Å². The van der Waals surface area contributed by atoms with E-state index in [-0.39, 0.29) is 16.9 Å². The number of nitrogens with zero attached hydrogens (tertiary/aromatic N) is 1. The van der Waals surface area contributed by atoms with Crippen molar-refractivity contribution >= 4 is 11.6 Å². The second-order valence-corrected chi connectivity index (χ2v) is 5.74. The molecule has 0 saturated carbocycles. The summed E-state index contributed by atoms with van der Waals surface area (Å²) >= 11 is 5.74. The van der Waals surface area contributed by atoms with Crippen LogP contribution in [0.5, 0.6) is 0 Å². The van der Waals surface area contributed by atoms with E-state index < -0.39 is 0 Å². The zero-order valence-electron chi connectivity index (χ0n) is 11.4. The molecule has 2 N–H and O–H groups in total. The molecule has 1 heterocycles. The van der Waals surface area contributed by atoms with E-state index in [0.29, 0.717) is 6.54 Å². The Labute approximate surface area is 119 Å². The minimum absolute atomic E-state index is 0.0983. The van der Waals surface area contributed by atoms with Crippen molar-refractivity contribution in [3.05, 3.63) is 34.6 Å². The predicted molar refractivity (Wildman–Crippen MR) is 77.8 cm³/mol. The molecule has 0 spiro atoms. The van der Waals surface area contributed by atoms with Crippen LogP contribution < -0.4 is 5.73 Å². The molecule has 1 fully saturated rings. The van der Waals surface area contributed by atoms with Gasteiger partial charge in [-0.2, -0.15) is 0 Å². The largest absolute Gasteiger partial charge is 0.329 e. The normalized spacial score (nSPS) is 22.4. The number of likely N-dealkylation sites (tertiary alicyclic amines) is 1. The molecular weight excluding hydrogens is 263 g/mol. The third-order valence-electron chi connectivity index (χ3n) is 4.12. The van der Waals surface area contributed by atoms with Gasteiger partial charge >= 0.3 is 0 Å². The summed E-state index contributed by atoms with van der Waals surface area (Å²) in [5.41, 5.74) is 6.85. The van der Waals surface area contributed by atoms with Crippen molar-refractivity contribution in [1.82, 2.24) is 4.90 Å². The van der Waals surface area contributed by atoms with Crippen LogP contribution in [0, 0.1) is 11.7 Å². The lowest BCUT2D eigenvalue weighted by Gasteiger charge is -2.38. The van der Waals surface area contributed by atoms with Gasteiger partial charge in [-0.15, -0.1) is 0 Å². The fraction of sp³-hybridized carbons (Fsp3) is 0.600. The van der Waals surface area contributed by atoms with Crippen LogP contribution in [-0.2, 0) is 0 Å². The Bertz CT molecular complexity index is 425. The van der Waals surface area contributed by atoms with Crippen LogP contribution in [0.4, 0.5) is 4.39 Å². The quantitative estimate of drug-likeness (QED) is 0.915. The van der Waals surface area contributed by atoms with Crippen LogP contribution in [0.2, 0.25) is 5.02 Å². The van der Waals surface area contributed by atoms with Gasteiger partial charge in [0.25, 0.3) is 0 Å². The van der Waals surface area contributed by atoms with Crippen molar-refractivity contribution in [1.29, 1.82) is 0 Å². The highest BCUT2D eigenvalue weighted by Gasteiger charge is 2.25. The van der Waals surface area contributed by atoms with Gasteiger partial charge in [0.05, 0.1) is 5.02 Å². The lowest BCUT2D eigenvalue weighted by Crippen LogP contribution is -2.41. The van der Waals surface area contributed by atoms with E-state index in [9.17, 15) is 4.39 Å². The molecule has 106 valence electrons. The molecule has 1 aliphatic rings. The molecule has 1 aromatic rings. The number of piperidine rings is 1. The second kappa shape index (κ2) is 6.69. The fourth-order valence-electron chi connectivity index (χ4n) is 2.93. The van der Waals surface area contributed by atoms with E-state index in [1.54, 1.807) is 6.07 Å². The molecule has 2 atom stereocenters. The van der Waals surface area contributed by atoms with Crippen LogP contribution >= 0.6 is 11.6 Å². The first kappa shape index (κ1) is 14.8. The maximum Gasteiger partial charge on any atom is 0.142 e. The highest BCUT2D eigenvalue weighted by Crippen LogP contribution is 2.29. The Hall–Kier alpha value is -0.640. The molecule has 0 aromatic heterocycles. The number of rotatable bonds is 4. The van der Waals surface area contributed by atoms with Crippen LogP contribution in [0.1, 0.15) is 37.8 Å². The van der Waals surface area contributed by atoms with Gasteiger partial charge in [-0.05, 0) is 43.0 Å². The van der Waals surface area contributed by atoms with E-state index >= 15 is 0 Å². The third kappa shape index (κ3) is 3.47. The molecule has 2 nitrogen and oxygen atoms in total. The smallest absolute Gasteiger partial charge is 0.142 e. The summed E-state index contributed by atoms with van der Waals surface area (Å²) in [4.78, 5) is 2.39. The Balaban J connectivity index is 2.16. The number of hydrogen-bond donors (Lipinski definition) is 1. The zero-order valence-corrected chi connectivity index (χ0v) is 12.2. The number of nitrogens with two attached hydrogens (primary N) is 1. The molecule has 0 bridgehead atoms. The SMILES string of the molecule is CCC1CCCN(C(CN)c2ccc(Cl)c(F)c2)C1. The van der Waals surface area contributed by atoms with Crippen molar-refractivity contribution in [2.24, 2.45) is 11.7 Å². The molecule has 4 heteroatoms. The molecule has 2 rings (SSSR count). The third-order valence-corrected chi connectivity index (χ3v) is 4.43. The number of benzene rings is 1. The van der Waals surface area contributed by atoms with Crippen molar-refractivity contribution in [2.75, 3.05) is 19.6 Å². The maximum absolute atomic E-state index is 13.6. The monoisotopic (exact) mass is 284 g/mol. The minimum atomic E-state index is -0.360. The average Bonchev–Trinajstić information content (AvgIpc) is 2.44. The lowest BCUT2D eigenvalue weighted by atomic mass is 9.93. The molecule has 0 radical (unpaired) electrons. The molecular formula is C15H22ClFN2. The summed E-state index contributed by atoms with van der Waals surface area (Å²) in [6.45, 7) is 4.84. The first-order valence-corrected chi connectivity index (χ1v) is 7.42. The van der Waals surface area contributed by atoms with Gasteiger partial charge in [-0.25, -0.2) is 4.39 Å². The Morgan fingerprint density at radius 2 is 2.32 bits per heavy atom. The first-order valence-electron chi connectivity index (χ1n) is 7.04. The van der Waals surface area contributed by atoms with Gasteiger partial charge in [0.15, 0.2) is 0 Å². The Kier molecular flexibility index (Phi) is 5.20.